The van der Waals surface area contributed by atoms with E-state index in [4.69, 9.17) is 9.82 Å². The first-order chi connectivity index (χ1) is 14.7. The monoisotopic (exact) mass is 410 g/mol. The number of likely N-dealkylation sites (tertiary alicyclic amines) is 1. The highest BCUT2D eigenvalue weighted by Crippen LogP contribution is 2.40. The molecular formula is C23H34N6O. The summed E-state index contributed by atoms with van der Waals surface area (Å²) in [6, 6.07) is 0.466. The van der Waals surface area contributed by atoms with Crippen LogP contribution in [0.25, 0.3) is 16.7 Å². The summed E-state index contributed by atoms with van der Waals surface area (Å²) >= 11 is 0. The molecule has 0 atom stereocenters. The predicted molar refractivity (Wildman–Crippen MR) is 120 cm³/mol. The summed E-state index contributed by atoms with van der Waals surface area (Å²) in [4.78, 5) is 13.4. The topological polar surface area (TPSA) is 67.2 Å². The normalized spacial score (nSPS) is 22.4. The molecule has 30 heavy (non-hydrogen) atoms. The molecule has 162 valence electrons. The lowest BCUT2D eigenvalue weighted by molar-refractivity contribution is -0.0557. The Morgan fingerprint density at radius 2 is 1.93 bits per heavy atom. The molecule has 0 aromatic carbocycles. The van der Waals surface area contributed by atoms with E-state index in [2.05, 4.69) is 40.7 Å². The first kappa shape index (κ1) is 19.8. The van der Waals surface area contributed by atoms with E-state index >= 15 is 0 Å². The van der Waals surface area contributed by atoms with Crippen LogP contribution >= 0.6 is 0 Å². The van der Waals surface area contributed by atoms with Crippen molar-refractivity contribution in [2.45, 2.75) is 77.0 Å². The van der Waals surface area contributed by atoms with Gasteiger partial charge in [-0.05, 0) is 45.2 Å². The van der Waals surface area contributed by atoms with Crippen LogP contribution in [0.3, 0.4) is 0 Å². The smallest absolute Gasteiger partial charge is 0.159 e. The summed E-state index contributed by atoms with van der Waals surface area (Å²) in [6.45, 7) is 8.61. The average Bonchev–Trinajstić information content (AvgIpc) is 3.39. The van der Waals surface area contributed by atoms with Gasteiger partial charge in [-0.25, -0.2) is 9.67 Å². The Balaban J connectivity index is 1.50. The molecule has 4 heterocycles. The summed E-state index contributed by atoms with van der Waals surface area (Å²) in [5, 5.41) is 9.56. The van der Waals surface area contributed by atoms with E-state index < -0.39 is 0 Å². The van der Waals surface area contributed by atoms with Crippen molar-refractivity contribution in [2.75, 3.05) is 25.0 Å². The largest absolute Gasteiger partial charge is 0.381 e. The Morgan fingerprint density at radius 3 is 2.67 bits per heavy atom. The second kappa shape index (κ2) is 8.19. The number of nitrogens with zero attached hydrogens (tertiary/aromatic N) is 4. The van der Waals surface area contributed by atoms with Crippen LogP contribution in [0.4, 0.5) is 5.69 Å². The number of piperidine rings is 1. The van der Waals surface area contributed by atoms with Crippen molar-refractivity contribution in [2.24, 2.45) is 0 Å². The molecule has 5 rings (SSSR count). The van der Waals surface area contributed by atoms with Crippen molar-refractivity contribution < 1.29 is 4.84 Å². The number of rotatable bonds is 5. The van der Waals surface area contributed by atoms with Gasteiger partial charge in [-0.3, -0.25) is 10.3 Å². The van der Waals surface area contributed by atoms with Crippen LogP contribution in [0.5, 0.6) is 0 Å². The van der Waals surface area contributed by atoms with Gasteiger partial charge in [0.25, 0.3) is 0 Å². The molecule has 0 bridgehead atoms. The molecule has 2 N–H and O–H groups in total. The third-order valence-corrected chi connectivity index (χ3v) is 7.11. The highest BCUT2D eigenvalue weighted by atomic mass is 16.7. The first-order valence-electron chi connectivity index (χ1n) is 11.7. The maximum Gasteiger partial charge on any atom is 0.159 e. The number of hydroxylamine groups is 1. The molecule has 7 nitrogen and oxygen atoms in total. The molecule has 7 heteroatoms. The van der Waals surface area contributed by atoms with Crippen LogP contribution in [-0.4, -0.2) is 50.9 Å². The van der Waals surface area contributed by atoms with Gasteiger partial charge in [0.2, 0.25) is 0 Å². The van der Waals surface area contributed by atoms with E-state index in [9.17, 15) is 0 Å². The van der Waals surface area contributed by atoms with Gasteiger partial charge in [-0.1, -0.05) is 26.2 Å². The number of pyridine rings is 1. The maximum absolute atomic E-state index is 6.13. The summed E-state index contributed by atoms with van der Waals surface area (Å²) < 4.78 is 1.97. The van der Waals surface area contributed by atoms with Crippen molar-refractivity contribution in [3.8, 4) is 0 Å². The van der Waals surface area contributed by atoms with Crippen molar-refractivity contribution in [1.29, 1.82) is 0 Å². The Kier molecular flexibility index (Phi) is 5.41. The van der Waals surface area contributed by atoms with Gasteiger partial charge in [-0.2, -0.15) is 5.10 Å². The van der Waals surface area contributed by atoms with Crippen molar-refractivity contribution in [1.82, 2.24) is 25.1 Å². The van der Waals surface area contributed by atoms with E-state index in [1.54, 1.807) is 0 Å². The fourth-order valence-electron chi connectivity index (χ4n) is 5.22. The van der Waals surface area contributed by atoms with Gasteiger partial charge in [0.05, 0.1) is 23.0 Å². The number of anilines is 1. The zero-order valence-corrected chi connectivity index (χ0v) is 18.3. The third kappa shape index (κ3) is 3.58. The van der Waals surface area contributed by atoms with Crippen molar-refractivity contribution in [3.63, 3.8) is 0 Å². The number of hydrogen-bond acceptors (Lipinski definition) is 6. The molecule has 2 aromatic rings. The lowest BCUT2D eigenvalue weighted by Gasteiger charge is -2.32. The van der Waals surface area contributed by atoms with E-state index in [0.29, 0.717) is 6.04 Å². The zero-order chi connectivity index (χ0) is 20.6. The van der Waals surface area contributed by atoms with Crippen LogP contribution < -0.4 is 10.8 Å². The van der Waals surface area contributed by atoms with E-state index in [1.165, 1.54) is 19.3 Å². The summed E-state index contributed by atoms with van der Waals surface area (Å²) in [6.07, 6.45) is 14.5. The minimum atomic E-state index is -0.153. The molecule has 1 saturated heterocycles. The lowest BCUT2D eigenvalue weighted by Crippen LogP contribution is -2.39. The van der Waals surface area contributed by atoms with Gasteiger partial charge in [-0.15, -0.1) is 0 Å². The van der Waals surface area contributed by atoms with Crippen LogP contribution in [-0.2, 0) is 11.4 Å². The SMILES string of the molecule is CCN1CCC(Nc2c(C3=CC4(CCCCC4)ON3)cnc3c2cnn3CC)CC1. The van der Waals surface area contributed by atoms with Gasteiger partial charge >= 0.3 is 0 Å². The molecule has 2 aromatic heterocycles. The molecule has 2 fully saturated rings. The Hall–Kier alpha value is -2.12. The first-order valence-corrected chi connectivity index (χ1v) is 11.7. The summed E-state index contributed by atoms with van der Waals surface area (Å²) in [5.74, 6) is 0. The fraction of sp³-hybridized carbons (Fsp3) is 0.652. The predicted octanol–water partition coefficient (Wildman–Crippen LogP) is 3.93. The summed E-state index contributed by atoms with van der Waals surface area (Å²) in [5.41, 5.74) is 7.34. The van der Waals surface area contributed by atoms with Crippen LogP contribution in [0.1, 0.15) is 64.4 Å². The van der Waals surface area contributed by atoms with Gasteiger partial charge in [0.1, 0.15) is 5.60 Å². The van der Waals surface area contributed by atoms with Crippen molar-refractivity contribution >= 4 is 22.4 Å². The molecule has 0 radical (unpaired) electrons. The molecule has 3 aliphatic rings. The van der Waals surface area contributed by atoms with Gasteiger partial charge in [0.15, 0.2) is 5.65 Å². The maximum atomic E-state index is 6.13. The van der Waals surface area contributed by atoms with Crippen LogP contribution in [0, 0.1) is 0 Å². The van der Waals surface area contributed by atoms with Gasteiger partial charge in [0, 0.05) is 37.4 Å². The minimum absolute atomic E-state index is 0.153. The molecule has 1 aliphatic carbocycles. The second-order valence-electron chi connectivity index (χ2n) is 8.98. The lowest BCUT2D eigenvalue weighted by atomic mass is 9.84. The average molecular weight is 411 g/mol. The number of hydrogen-bond donors (Lipinski definition) is 2. The highest BCUT2D eigenvalue weighted by Gasteiger charge is 2.37. The Morgan fingerprint density at radius 1 is 1.13 bits per heavy atom. The minimum Gasteiger partial charge on any atom is -0.381 e. The number of fused-ring (bicyclic) bond motifs is 1. The quantitative estimate of drug-likeness (QED) is 0.779. The Bertz CT molecular complexity index is 921. The molecular weight excluding hydrogens is 376 g/mol. The molecule has 0 unspecified atom stereocenters. The number of aromatic nitrogens is 3. The highest BCUT2D eigenvalue weighted by molar-refractivity contribution is 5.95. The van der Waals surface area contributed by atoms with Crippen LogP contribution in [0.15, 0.2) is 18.5 Å². The zero-order valence-electron chi connectivity index (χ0n) is 18.3. The molecule has 1 saturated carbocycles. The van der Waals surface area contributed by atoms with E-state index in [1.807, 2.05) is 17.1 Å². The summed E-state index contributed by atoms with van der Waals surface area (Å²) in [7, 11) is 0. The third-order valence-electron chi connectivity index (χ3n) is 7.11. The molecule has 2 aliphatic heterocycles. The molecule has 0 amide bonds. The number of nitrogens with one attached hydrogen (secondary N) is 2. The Labute approximate surface area is 178 Å². The van der Waals surface area contributed by atoms with E-state index in [0.717, 1.165) is 79.8 Å². The second-order valence-corrected chi connectivity index (χ2v) is 8.98. The van der Waals surface area contributed by atoms with E-state index in [-0.39, 0.29) is 5.60 Å². The van der Waals surface area contributed by atoms with Crippen molar-refractivity contribution in [3.05, 3.63) is 24.0 Å². The number of aryl methyl sites for hydroxylation is 1. The molecule has 1 spiro atoms. The van der Waals surface area contributed by atoms with Gasteiger partial charge < -0.3 is 10.2 Å². The van der Waals surface area contributed by atoms with Crippen LogP contribution in [0.2, 0.25) is 0 Å². The standard InChI is InChI=1S/C23H34N6O/c1-3-28-12-8-17(9-13-28)26-21-18(15-24-22-19(21)16-25-29(22)4-2)20-14-23(30-27-20)10-6-5-7-11-23/h14-17,27H,3-13H2,1-2H3,(H,24,26). The fourth-order valence-corrected chi connectivity index (χ4v) is 5.22.